The Labute approximate surface area is 167 Å². The van der Waals surface area contributed by atoms with E-state index in [2.05, 4.69) is 9.62 Å². The van der Waals surface area contributed by atoms with Crippen molar-refractivity contribution in [2.45, 2.75) is 19.1 Å². The third kappa shape index (κ3) is 4.47. The number of hydrogen-bond donors (Lipinski definition) is 1. The quantitative estimate of drug-likeness (QED) is 0.690. The van der Waals surface area contributed by atoms with Crippen molar-refractivity contribution in [3.05, 3.63) is 76.5 Å². The van der Waals surface area contributed by atoms with Gasteiger partial charge in [-0.1, -0.05) is 42.5 Å². The van der Waals surface area contributed by atoms with Gasteiger partial charge in [0, 0.05) is 30.1 Å². The van der Waals surface area contributed by atoms with E-state index in [1.807, 2.05) is 30.3 Å². The largest absolute Gasteiger partial charge is 0.291 e. The SMILES string of the molecule is CS(=O)(=O)N[C@H]1CN(Cc2ccc(F)cc2)Cc2nc(-c3ccccc3)sc21. The molecule has 0 aliphatic carbocycles. The van der Waals surface area contributed by atoms with Gasteiger partial charge in [0.15, 0.2) is 0 Å². The summed E-state index contributed by atoms with van der Waals surface area (Å²) in [6.07, 6.45) is 1.17. The van der Waals surface area contributed by atoms with Crippen molar-refractivity contribution in [3.63, 3.8) is 0 Å². The van der Waals surface area contributed by atoms with Gasteiger partial charge in [-0.3, -0.25) is 4.90 Å². The van der Waals surface area contributed by atoms with Gasteiger partial charge in [0.2, 0.25) is 10.0 Å². The molecule has 1 aliphatic heterocycles. The summed E-state index contributed by atoms with van der Waals surface area (Å²) in [5.41, 5.74) is 2.88. The number of thiazole rings is 1. The molecule has 1 aromatic heterocycles. The molecular weight excluding hydrogens is 397 g/mol. The summed E-state index contributed by atoms with van der Waals surface area (Å²) in [6.45, 7) is 1.76. The minimum absolute atomic E-state index is 0.270. The number of nitrogens with one attached hydrogen (secondary N) is 1. The second-order valence-electron chi connectivity index (χ2n) is 6.93. The smallest absolute Gasteiger partial charge is 0.209 e. The molecule has 146 valence electrons. The van der Waals surface area contributed by atoms with E-state index in [9.17, 15) is 12.8 Å². The first-order valence-corrected chi connectivity index (χ1v) is 11.6. The van der Waals surface area contributed by atoms with Crippen LogP contribution in [0.2, 0.25) is 0 Å². The predicted octanol–water partition coefficient (Wildman–Crippen LogP) is 3.56. The zero-order valence-electron chi connectivity index (χ0n) is 15.3. The Hall–Kier alpha value is -2.13. The van der Waals surface area contributed by atoms with E-state index in [4.69, 9.17) is 4.98 Å². The third-order valence-electron chi connectivity index (χ3n) is 4.55. The van der Waals surface area contributed by atoms with Crippen LogP contribution in [-0.4, -0.2) is 31.1 Å². The zero-order valence-corrected chi connectivity index (χ0v) is 16.9. The predicted molar refractivity (Wildman–Crippen MR) is 109 cm³/mol. The van der Waals surface area contributed by atoms with Crippen molar-refractivity contribution >= 4 is 21.4 Å². The lowest BCUT2D eigenvalue weighted by Gasteiger charge is -2.31. The van der Waals surface area contributed by atoms with Crippen LogP contribution < -0.4 is 4.72 Å². The molecule has 28 heavy (non-hydrogen) atoms. The lowest BCUT2D eigenvalue weighted by Crippen LogP contribution is -2.40. The average molecular weight is 418 g/mol. The highest BCUT2D eigenvalue weighted by atomic mass is 32.2. The van der Waals surface area contributed by atoms with Gasteiger partial charge in [0.25, 0.3) is 0 Å². The number of rotatable bonds is 5. The first-order valence-electron chi connectivity index (χ1n) is 8.86. The van der Waals surface area contributed by atoms with Crippen LogP contribution in [0.3, 0.4) is 0 Å². The Morgan fingerprint density at radius 1 is 1.18 bits per heavy atom. The molecule has 5 nitrogen and oxygen atoms in total. The molecule has 2 heterocycles. The summed E-state index contributed by atoms with van der Waals surface area (Å²) in [4.78, 5) is 7.88. The van der Waals surface area contributed by atoms with Gasteiger partial charge in [0.05, 0.1) is 18.0 Å². The molecule has 0 fully saturated rings. The van der Waals surface area contributed by atoms with Crippen molar-refractivity contribution in [1.29, 1.82) is 0 Å². The highest BCUT2D eigenvalue weighted by Crippen LogP contribution is 2.36. The highest BCUT2D eigenvalue weighted by Gasteiger charge is 2.31. The van der Waals surface area contributed by atoms with Crippen molar-refractivity contribution in [3.8, 4) is 10.6 Å². The second-order valence-corrected chi connectivity index (χ2v) is 9.75. The van der Waals surface area contributed by atoms with Crippen molar-refractivity contribution in [1.82, 2.24) is 14.6 Å². The van der Waals surface area contributed by atoms with Crippen molar-refractivity contribution in [2.24, 2.45) is 0 Å². The summed E-state index contributed by atoms with van der Waals surface area (Å²) < 4.78 is 39.7. The molecule has 0 saturated carbocycles. The van der Waals surface area contributed by atoms with Crippen LogP contribution in [0.1, 0.15) is 22.2 Å². The Morgan fingerprint density at radius 3 is 2.57 bits per heavy atom. The molecule has 0 amide bonds. The van der Waals surface area contributed by atoms with E-state index in [0.717, 1.165) is 26.7 Å². The fraction of sp³-hybridized carbons (Fsp3) is 0.250. The molecule has 1 atom stereocenters. The summed E-state index contributed by atoms with van der Waals surface area (Å²) in [6, 6.07) is 15.9. The molecule has 0 unspecified atom stereocenters. The van der Waals surface area contributed by atoms with E-state index in [-0.39, 0.29) is 11.9 Å². The maximum Gasteiger partial charge on any atom is 0.209 e. The van der Waals surface area contributed by atoms with E-state index < -0.39 is 10.0 Å². The number of hydrogen-bond acceptors (Lipinski definition) is 5. The van der Waals surface area contributed by atoms with Gasteiger partial charge in [-0.2, -0.15) is 0 Å². The molecule has 3 aromatic rings. The Balaban J connectivity index is 1.64. The number of sulfonamides is 1. The number of fused-ring (bicyclic) bond motifs is 1. The average Bonchev–Trinajstić information content (AvgIpc) is 3.08. The van der Waals surface area contributed by atoms with Crippen LogP contribution in [0.4, 0.5) is 4.39 Å². The molecule has 8 heteroatoms. The van der Waals surface area contributed by atoms with E-state index in [1.165, 1.54) is 29.7 Å². The molecule has 1 aliphatic rings. The topological polar surface area (TPSA) is 62.3 Å². The number of aromatic nitrogens is 1. The monoisotopic (exact) mass is 417 g/mol. The fourth-order valence-electron chi connectivity index (χ4n) is 3.39. The highest BCUT2D eigenvalue weighted by molar-refractivity contribution is 7.88. The number of nitrogens with zero attached hydrogens (tertiary/aromatic N) is 2. The molecule has 4 rings (SSSR count). The molecule has 1 N–H and O–H groups in total. The van der Waals surface area contributed by atoms with Gasteiger partial charge < -0.3 is 0 Å². The Morgan fingerprint density at radius 2 is 1.89 bits per heavy atom. The van der Waals surface area contributed by atoms with Crippen molar-refractivity contribution in [2.75, 3.05) is 12.8 Å². The lowest BCUT2D eigenvalue weighted by atomic mass is 10.1. The van der Waals surface area contributed by atoms with Crippen LogP contribution in [0.15, 0.2) is 54.6 Å². The first-order chi connectivity index (χ1) is 13.4. The minimum Gasteiger partial charge on any atom is -0.291 e. The van der Waals surface area contributed by atoms with Gasteiger partial charge in [-0.05, 0) is 17.7 Å². The number of benzene rings is 2. The van der Waals surface area contributed by atoms with Crippen LogP contribution in [0.5, 0.6) is 0 Å². The minimum atomic E-state index is -3.37. The summed E-state index contributed by atoms with van der Waals surface area (Å²) in [5, 5.41) is 0.884. The number of halogens is 1. The fourth-order valence-corrected chi connectivity index (χ4v) is 5.29. The molecule has 0 bridgehead atoms. The molecule has 2 aromatic carbocycles. The third-order valence-corrected chi connectivity index (χ3v) is 6.53. The van der Waals surface area contributed by atoms with Crippen LogP contribution in [0.25, 0.3) is 10.6 Å². The first kappa shape index (κ1) is 19.2. The molecular formula is C20H20FN3O2S2. The summed E-state index contributed by atoms with van der Waals surface area (Å²) in [5.74, 6) is -0.270. The van der Waals surface area contributed by atoms with Crippen LogP contribution in [0, 0.1) is 5.82 Å². The normalized spacial score (nSPS) is 17.4. The van der Waals surface area contributed by atoms with Gasteiger partial charge in [-0.25, -0.2) is 22.5 Å². The van der Waals surface area contributed by atoms with Gasteiger partial charge >= 0.3 is 0 Å². The molecule has 0 saturated heterocycles. The van der Waals surface area contributed by atoms with Crippen LogP contribution in [-0.2, 0) is 23.1 Å². The maximum absolute atomic E-state index is 13.2. The van der Waals surface area contributed by atoms with Crippen molar-refractivity contribution < 1.29 is 12.8 Å². The Bertz CT molecular complexity index is 1070. The lowest BCUT2D eigenvalue weighted by molar-refractivity contribution is 0.216. The zero-order chi connectivity index (χ0) is 19.7. The molecule has 0 spiro atoms. The summed E-state index contributed by atoms with van der Waals surface area (Å²) >= 11 is 1.53. The molecule has 0 radical (unpaired) electrons. The van der Waals surface area contributed by atoms with E-state index in [1.54, 1.807) is 12.1 Å². The second kappa shape index (κ2) is 7.71. The van der Waals surface area contributed by atoms with E-state index in [0.29, 0.717) is 19.6 Å². The Kier molecular flexibility index (Phi) is 5.29. The van der Waals surface area contributed by atoms with E-state index >= 15 is 0 Å². The standard InChI is InChI=1S/C20H20FN3O2S2/c1-28(25,26)23-18-13-24(11-14-7-9-16(21)10-8-14)12-17-19(18)27-20(22-17)15-5-3-2-4-6-15/h2-10,18,23H,11-13H2,1H3/t18-/m0/s1. The van der Waals surface area contributed by atoms with Gasteiger partial charge in [-0.15, -0.1) is 11.3 Å². The van der Waals surface area contributed by atoms with Gasteiger partial charge in [0.1, 0.15) is 10.8 Å². The van der Waals surface area contributed by atoms with Crippen LogP contribution >= 0.6 is 11.3 Å². The summed E-state index contributed by atoms with van der Waals surface area (Å²) in [7, 11) is -3.37. The maximum atomic E-state index is 13.2.